The highest BCUT2D eigenvalue weighted by molar-refractivity contribution is 7.80. The van der Waals surface area contributed by atoms with E-state index in [-0.39, 0.29) is 5.91 Å². The summed E-state index contributed by atoms with van der Waals surface area (Å²) in [5, 5.41) is 2.98. The van der Waals surface area contributed by atoms with Crippen LogP contribution < -0.4 is 5.32 Å². The molecule has 18 heavy (non-hydrogen) atoms. The zero-order valence-corrected chi connectivity index (χ0v) is 11.6. The summed E-state index contributed by atoms with van der Waals surface area (Å²) >= 11 is 4.24. The molecule has 1 aromatic carbocycles. The third kappa shape index (κ3) is 4.05. The molecule has 0 atom stereocenters. The van der Waals surface area contributed by atoms with Gasteiger partial charge in [-0.05, 0) is 37.0 Å². The number of amides is 1. The molecule has 2 rings (SSSR count). The molecule has 0 unspecified atom stereocenters. The molecule has 1 saturated carbocycles. The van der Waals surface area contributed by atoms with E-state index in [1.807, 2.05) is 18.2 Å². The van der Waals surface area contributed by atoms with Gasteiger partial charge in [-0.2, -0.15) is 0 Å². The smallest absolute Gasteiger partial charge is 0.251 e. The Balaban J connectivity index is 1.68. The van der Waals surface area contributed by atoms with Crippen molar-refractivity contribution in [2.45, 2.75) is 43.4 Å². The molecule has 0 heterocycles. The Hall–Kier alpha value is -0.960. The number of hydrogen-bond acceptors (Lipinski definition) is 2. The van der Waals surface area contributed by atoms with Crippen LogP contribution in [0.15, 0.2) is 29.2 Å². The number of benzene rings is 1. The number of rotatable bonds is 5. The molecule has 3 heteroatoms. The van der Waals surface area contributed by atoms with Crippen LogP contribution in [0.4, 0.5) is 0 Å². The molecule has 0 radical (unpaired) electrons. The van der Waals surface area contributed by atoms with Gasteiger partial charge in [-0.1, -0.05) is 31.7 Å². The minimum Gasteiger partial charge on any atom is -0.352 e. The maximum atomic E-state index is 11.8. The predicted octanol–water partition coefficient (Wildman–Crippen LogP) is 3.68. The maximum absolute atomic E-state index is 11.8. The molecule has 1 aliphatic carbocycles. The normalized spacial score (nSPS) is 15.8. The number of carbonyl (C=O) groups excluding carboxylic acids is 1. The number of hydrogen-bond donors (Lipinski definition) is 2. The van der Waals surface area contributed by atoms with Crippen molar-refractivity contribution in [2.24, 2.45) is 5.92 Å². The van der Waals surface area contributed by atoms with Gasteiger partial charge in [-0.15, -0.1) is 12.6 Å². The van der Waals surface area contributed by atoms with Crippen molar-refractivity contribution in [3.05, 3.63) is 29.8 Å². The van der Waals surface area contributed by atoms with Gasteiger partial charge in [0.2, 0.25) is 0 Å². The highest BCUT2D eigenvalue weighted by Gasteiger charge is 2.14. The Labute approximate surface area is 115 Å². The molecule has 98 valence electrons. The van der Waals surface area contributed by atoms with Crippen LogP contribution in [0.5, 0.6) is 0 Å². The van der Waals surface area contributed by atoms with E-state index in [2.05, 4.69) is 17.9 Å². The van der Waals surface area contributed by atoms with Gasteiger partial charge in [-0.3, -0.25) is 4.79 Å². The van der Waals surface area contributed by atoms with Crippen molar-refractivity contribution >= 4 is 18.5 Å². The monoisotopic (exact) mass is 263 g/mol. The Morgan fingerprint density at radius 2 is 2.11 bits per heavy atom. The van der Waals surface area contributed by atoms with Crippen molar-refractivity contribution in [3.8, 4) is 0 Å². The van der Waals surface area contributed by atoms with Gasteiger partial charge in [0, 0.05) is 17.0 Å². The van der Waals surface area contributed by atoms with E-state index in [1.54, 1.807) is 6.07 Å². The second kappa shape index (κ2) is 6.83. The zero-order chi connectivity index (χ0) is 12.8. The van der Waals surface area contributed by atoms with Crippen molar-refractivity contribution in [2.75, 3.05) is 6.54 Å². The molecule has 2 nitrogen and oxygen atoms in total. The molecule has 1 N–H and O–H groups in total. The van der Waals surface area contributed by atoms with Gasteiger partial charge in [0.05, 0.1) is 0 Å². The van der Waals surface area contributed by atoms with Gasteiger partial charge in [0.15, 0.2) is 0 Å². The standard InChI is InChI=1S/C15H21NOS/c17-15(13-8-3-9-14(18)11-13)16-10-4-7-12-5-1-2-6-12/h3,8-9,11-12,18H,1-2,4-7,10H2,(H,16,17). The van der Waals surface area contributed by atoms with Crippen LogP contribution in [0.1, 0.15) is 48.9 Å². The summed E-state index contributed by atoms with van der Waals surface area (Å²) in [5.41, 5.74) is 0.698. The Kier molecular flexibility index (Phi) is 5.12. The van der Waals surface area contributed by atoms with E-state index in [0.717, 1.165) is 23.8 Å². The van der Waals surface area contributed by atoms with E-state index < -0.39 is 0 Å². The van der Waals surface area contributed by atoms with E-state index in [1.165, 1.54) is 32.1 Å². The maximum Gasteiger partial charge on any atom is 0.251 e. The van der Waals surface area contributed by atoms with Crippen LogP contribution in [-0.2, 0) is 0 Å². The summed E-state index contributed by atoms with van der Waals surface area (Å²) in [6.07, 6.45) is 7.91. The molecule has 0 aromatic heterocycles. The minimum absolute atomic E-state index is 0.0114. The van der Waals surface area contributed by atoms with E-state index in [0.29, 0.717) is 5.56 Å². The highest BCUT2D eigenvalue weighted by atomic mass is 32.1. The van der Waals surface area contributed by atoms with Crippen molar-refractivity contribution < 1.29 is 4.79 Å². The fourth-order valence-electron chi connectivity index (χ4n) is 2.64. The van der Waals surface area contributed by atoms with Crippen molar-refractivity contribution in [1.82, 2.24) is 5.32 Å². The first-order valence-corrected chi connectivity index (χ1v) is 7.27. The van der Waals surface area contributed by atoms with E-state index in [4.69, 9.17) is 0 Å². The molecule has 0 spiro atoms. The summed E-state index contributed by atoms with van der Waals surface area (Å²) in [4.78, 5) is 12.7. The lowest BCUT2D eigenvalue weighted by molar-refractivity contribution is 0.0952. The summed E-state index contributed by atoms with van der Waals surface area (Å²) in [6, 6.07) is 7.36. The van der Waals surface area contributed by atoms with Crippen molar-refractivity contribution in [3.63, 3.8) is 0 Å². The molecular weight excluding hydrogens is 242 g/mol. The lowest BCUT2D eigenvalue weighted by atomic mass is 10.0. The predicted molar refractivity (Wildman–Crippen MR) is 77.2 cm³/mol. The number of carbonyl (C=O) groups is 1. The SMILES string of the molecule is O=C(NCCCC1CCCC1)c1cccc(S)c1. The Morgan fingerprint density at radius 1 is 1.33 bits per heavy atom. The Morgan fingerprint density at radius 3 is 2.83 bits per heavy atom. The third-order valence-electron chi connectivity index (χ3n) is 3.66. The van der Waals surface area contributed by atoms with Crippen LogP contribution in [0.25, 0.3) is 0 Å². The average molecular weight is 263 g/mol. The summed E-state index contributed by atoms with van der Waals surface area (Å²) in [7, 11) is 0. The third-order valence-corrected chi connectivity index (χ3v) is 3.94. The lowest BCUT2D eigenvalue weighted by Gasteiger charge is -2.09. The number of nitrogens with one attached hydrogen (secondary N) is 1. The fourth-order valence-corrected chi connectivity index (χ4v) is 2.87. The first kappa shape index (κ1) is 13.5. The molecule has 1 aromatic rings. The molecule has 1 fully saturated rings. The molecular formula is C15H21NOS. The molecule has 1 aliphatic rings. The first-order chi connectivity index (χ1) is 8.75. The van der Waals surface area contributed by atoms with Gasteiger partial charge >= 0.3 is 0 Å². The molecule has 0 saturated heterocycles. The van der Waals surface area contributed by atoms with Crippen LogP contribution >= 0.6 is 12.6 Å². The fraction of sp³-hybridized carbons (Fsp3) is 0.533. The van der Waals surface area contributed by atoms with E-state index >= 15 is 0 Å². The van der Waals surface area contributed by atoms with E-state index in [9.17, 15) is 4.79 Å². The quantitative estimate of drug-likeness (QED) is 0.616. The van der Waals surface area contributed by atoms with Crippen LogP contribution in [0.3, 0.4) is 0 Å². The van der Waals surface area contributed by atoms with Crippen molar-refractivity contribution in [1.29, 1.82) is 0 Å². The summed E-state index contributed by atoms with van der Waals surface area (Å²) in [6.45, 7) is 0.784. The second-order valence-corrected chi connectivity index (χ2v) is 5.62. The largest absolute Gasteiger partial charge is 0.352 e. The first-order valence-electron chi connectivity index (χ1n) is 6.83. The summed E-state index contributed by atoms with van der Waals surface area (Å²) < 4.78 is 0. The minimum atomic E-state index is 0.0114. The lowest BCUT2D eigenvalue weighted by Crippen LogP contribution is -2.24. The van der Waals surface area contributed by atoms with Gasteiger partial charge in [-0.25, -0.2) is 0 Å². The number of thiol groups is 1. The van der Waals surface area contributed by atoms with Gasteiger partial charge < -0.3 is 5.32 Å². The second-order valence-electron chi connectivity index (χ2n) is 5.10. The highest BCUT2D eigenvalue weighted by Crippen LogP contribution is 2.28. The topological polar surface area (TPSA) is 29.1 Å². The van der Waals surface area contributed by atoms with Crippen LogP contribution in [-0.4, -0.2) is 12.5 Å². The van der Waals surface area contributed by atoms with Gasteiger partial charge in [0.1, 0.15) is 0 Å². The molecule has 1 amide bonds. The zero-order valence-electron chi connectivity index (χ0n) is 10.7. The van der Waals surface area contributed by atoms with Crippen LogP contribution in [0, 0.1) is 5.92 Å². The molecule has 0 bridgehead atoms. The van der Waals surface area contributed by atoms with Gasteiger partial charge in [0.25, 0.3) is 5.91 Å². The molecule has 0 aliphatic heterocycles. The van der Waals surface area contributed by atoms with Crippen LogP contribution in [0.2, 0.25) is 0 Å². The average Bonchev–Trinajstić information content (AvgIpc) is 2.87. The Bertz CT molecular complexity index is 399. The summed E-state index contributed by atoms with van der Waals surface area (Å²) in [5.74, 6) is 0.917.